The van der Waals surface area contributed by atoms with E-state index in [-0.39, 0.29) is 16.2 Å². The summed E-state index contributed by atoms with van der Waals surface area (Å²) in [7, 11) is -3.46. The minimum Gasteiger partial charge on any atom is -0.481 e. The number of hydrogen-bond donors (Lipinski definition) is 1. The van der Waals surface area contributed by atoms with Crippen LogP contribution in [0.25, 0.3) is 0 Å². The highest BCUT2D eigenvalue weighted by Gasteiger charge is 2.38. The van der Waals surface area contributed by atoms with E-state index in [0.29, 0.717) is 5.02 Å². The first-order valence-corrected chi connectivity index (χ1v) is 6.20. The van der Waals surface area contributed by atoms with Crippen molar-refractivity contribution < 1.29 is 18.3 Å². The molecule has 1 aliphatic rings. The molecule has 0 aromatic heterocycles. The van der Waals surface area contributed by atoms with E-state index in [9.17, 15) is 13.2 Å². The molecule has 0 fully saturated rings. The van der Waals surface area contributed by atoms with E-state index in [1.165, 1.54) is 18.2 Å². The summed E-state index contributed by atoms with van der Waals surface area (Å²) in [4.78, 5) is 10.9. The molecule has 1 unspecified atom stereocenters. The molecule has 1 heterocycles. The Labute approximate surface area is 91.4 Å². The molecule has 0 aliphatic carbocycles. The van der Waals surface area contributed by atoms with Crippen LogP contribution in [0, 0.1) is 0 Å². The van der Waals surface area contributed by atoms with Crippen molar-refractivity contribution in [2.24, 2.45) is 0 Å². The third-order valence-electron chi connectivity index (χ3n) is 2.37. The minimum absolute atomic E-state index is 0.0827. The summed E-state index contributed by atoms with van der Waals surface area (Å²) in [6, 6.07) is 4.21. The molecule has 1 atom stereocenters. The van der Waals surface area contributed by atoms with Crippen molar-refractivity contribution in [2.75, 3.05) is 5.75 Å². The lowest BCUT2D eigenvalue weighted by molar-refractivity contribution is -0.138. The van der Waals surface area contributed by atoms with Crippen LogP contribution in [0.15, 0.2) is 23.1 Å². The lowest BCUT2D eigenvalue weighted by Gasteiger charge is -2.03. The predicted octanol–water partition coefficient (Wildman–Crippen LogP) is 1.30. The lowest BCUT2D eigenvalue weighted by Crippen LogP contribution is -2.13. The van der Waals surface area contributed by atoms with Gasteiger partial charge < -0.3 is 5.11 Å². The van der Waals surface area contributed by atoms with E-state index in [4.69, 9.17) is 16.7 Å². The van der Waals surface area contributed by atoms with Crippen LogP contribution in [0.5, 0.6) is 0 Å². The Bertz CT molecular complexity index is 535. The van der Waals surface area contributed by atoms with E-state index >= 15 is 0 Å². The van der Waals surface area contributed by atoms with Gasteiger partial charge in [0.1, 0.15) is 0 Å². The standard InChI is InChI=1S/C9H7ClO4S/c10-5-1-2-8-6(3-5)7(9(11)12)4-15(8,13)14/h1-3,7H,4H2,(H,11,12). The number of hydrogen-bond acceptors (Lipinski definition) is 3. The summed E-state index contributed by atoms with van der Waals surface area (Å²) >= 11 is 5.70. The highest BCUT2D eigenvalue weighted by Crippen LogP contribution is 2.36. The molecule has 0 radical (unpaired) electrons. The van der Waals surface area contributed by atoms with E-state index in [0.717, 1.165) is 0 Å². The fourth-order valence-corrected chi connectivity index (χ4v) is 3.63. The van der Waals surface area contributed by atoms with Gasteiger partial charge in [-0.15, -0.1) is 0 Å². The van der Waals surface area contributed by atoms with E-state index in [1.54, 1.807) is 0 Å². The molecule has 2 rings (SSSR count). The zero-order valence-corrected chi connectivity index (χ0v) is 9.05. The Hall–Kier alpha value is -1.07. The van der Waals surface area contributed by atoms with Gasteiger partial charge in [-0.25, -0.2) is 8.42 Å². The number of aliphatic carboxylic acids is 1. The summed E-state index contributed by atoms with van der Waals surface area (Å²) in [5, 5.41) is 9.22. The van der Waals surface area contributed by atoms with E-state index < -0.39 is 21.7 Å². The second-order valence-corrected chi connectivity index (χ2v) is 5.79. The van der Waals surface area contributed by atoms with Crippen molar-refractivity contribution >= 4 is 27.4 Å². The van der Waals surface area contributed by atoms with Crippen LogP contribution in [0.2, 0.25) is 5.02 Å². The van der Waals surface area contributed by atoms with Crippen molar-refractivity contribution in [3.63, 3.8) is 0 Å². The number of halogens is 1. The topological polar surface area (TPSA) is 71.4 Å². The van der Waals surface area contributed by atoms with Gasteiger partial charge in [0.2, 0.25) is 0 Å². The van der Waals surface area contributed by atoms with Crippen LogP contribution in [0.3, 0.4) is 0 Å². The third-order valence-corrected chi connectivity index (χ3v) is 4.42. The molecule has 80 valence electrons. The summed E-state index contributed by atoms with van der Waals surface area (Å²) in [6.45, 7) is 0. The molecule has 0 saturated carbocycles. The van der Waals surface area contributed by atoms with Gasteiger partial charge in [0.25, 0.3) is 0 Å². The quantitative estimate of drug-likeness (QED) is 0.811. The number of benzene rings is 1. The maximum atomic E-state index is 11.6. The number of fused-ring (bicyclic) bond motifs is 1. The Kier molecular flexibility index (Phi) is 2.24. The molecule has 0 spiro atoms. The Morgan fingerprint density at radius 1 is 1.47 bits per heavy atom. The first-order valence-electron chi connectivity index (χ1n) is 4.17. The number of rotatable bonds is 1. The zero-order valence-electron chi connectivity index (χ0n) is 7.47. The van der Waals surface area contributed by atoms with Gasteiger partial charge in [-0.1, -0.05) is 11.6 Å². The maximum Gasteiger partial charge on any atom is 0.312 e. The maximum absolute atomic E-state index is 11.6. The fourth-order valence-electron chi connectivity index (χ4n) is 1.68. The third kappa shape index (κ3) is 1.61. The number of sulfone groups is 1. The SMILES string of the molecule is O=C(O)C1CS(=O)(=O)c2ccc(Cl)cc21. The smallest absolute Gasteiger partial charge is 0.312 e. The van der Waals surface area contributed by atoms with Gasteiger partial charge in [-0.2, -0.15) is 0 Å². The summed E-state index contributed by atoms with van der Waals surface area (Å²) in [5.74, 6) is -2.51. The second kappa shape index (κ2) is 3.21. The minimum atomic E-state index is -3.46. The summed E-state index contributed by atoms with van der Waals surface area (Å²) in [5.41, 5.74) is 0.287. The number of carboxylic acid groups (broad SMARTS) is 1. The van der Waals surface area contributed by atoms with Crippen molar-refractivity contribution in [1.29, 1.82) is 0 Å². The molecular formula is C9H7ClO4S. The zero-order chi connectivity index (χ0) is 11.2. The molecule has 0 amide bonds. The average Bonchev–Trinajstić information content (AvgIpc) is 2.38. The van der Waals surface area contributed by atoms with Crippen LogP contribution >= 0.6 is 11.6 Å². The van der Waals surface area contributed by atoms with Gasteiger partial charge >= 0.3 is 5.97 Å². The Morgan fingerprint density at radius 3 is 2.73 bits per heavy atom. The Morgan fingerprint density at radius 2 is 2.13 bits per heavy atom. The highest BCUT2D eigenvalue weighted by atomic mass is 35.5. The molecular weight excluding hydrogens is 240 g/mol. The van der Waals surface area contributed by atoms with Gasteiger partial charge in [0.05, 0.1) is 16.6 Å². The molecule has 4 nitrogen and oxygen atoms in total. The average molecular weight is 247 g/mol. The van der Waals surface area contributed by atoms with Gasteiger partial charge in [0, 0.05) is 5.02 Å². The normalized spacial score (nSPS) is 22.3. The highest BCUT2D eigenvalue weighted by molar-refractivity contribution is 7.91. The van der Waals surface area contributed by atoms with Crippen LogP contribution in [0.4, 0.5) is 0 Å². The second-order valence-electron chi connectivity index (χ2n) is 3.35. The van der Waals surface area contributed by atoms with Crippen LogP contribution in [-0.4, -0.2) is 25.2 Å². The largest absolute Gasteiger partial charge is 0.481 e. The Balaban J connectivity index is 2.69. The van der Waals surface area contributed by atoms with Crippen molar-refractivity contribution in [3.8, 4) is 0 Å². The molecule has 1 N–H and O–H groups in total. The van der Waals surface area contributed by atoms with E-state index in [1.807, 2.05) is 0 Å². The molecule has 1 aromatic carbocycles. The molecule has 6 heteroatoms. The predicted molar refractivity (Wildman–Crippen MR) is 53.9 cm³/mol. The van der Waals surface area contributed by atoms with Gasteiger partial charge in [-0.3, -0.25) is 4.79 Å². The molecule has 1 aliphatic heterocycles. The number of carboxylic acids is 1. The van der Waals surface area contributed by atoms with Crippen LogP contribution < -0.4 is 0 Å². The molecule has 0 saturated heterocycles. The monoisotopic (exact) mass is 246 g/mol. The first kappa shape index (κ1) is 10.4. The van der Waals surface area contributed by atoms with Crippen LogP contribution in [0.1, 0.15) is 11.5 Å². The number of carbonyl (C=O) groups is 1. The molecule has 15 heavy (non-hydrogen) atoms. The van der Waals surface area contributed by atoms with Crippen molar-refractivity contribution in [2.45, 2.75) is 10.8 Å². The molecule has 1 aromatic rings. The van der Waals surface area contributed by atoms with E-state index in [2.05, 4.69) is 0 Å². The van der Waals surface area contributed by atoms with Crippen molar-refractivity contribution in [3.05, 3.63) is 28.8 Å². The summed E-state index contributed by atoms with van der Waals surface area (Å²) in [6.07, 6.45) is 0. The molecule has 0 bridgehead atoms. The first-order chi connectivity index (χ1) is 6.92. The fraction of sp³-hybridized carbons (Fsp3) is 0.222. The van der Waals surface area contributed by atoms with Gasteiger partial charge in [0.15, 0.2) is 9.84 Å². The lowest BCUT2D eigenvalue weighted by atomic mass is 10.0. The van der Waals surface area contributed by atoms with Crippen LogP contribution in [-0.2, 0) is 14.6 Å². The van der Waals surface area contributed by atoms with Crippen molar-refractivity contribution in [1.82, 2.24) is 0 Å². The van der Waals surface area contributed by atoms with Gasteiger partial charge in [-0.05, 0) is 23.8 Å². The summed E-state index contributed by atoms with van der Waals surface area (Å²) < 4.78 is 23.1.